The molecule has 1 aliphatic rings. The highest BCUT2D eigenvalue weighted by Crippen LogP contribution is 2.24. The van der Waals surface area contributed by atoms with Crippen LogP contribution in [0.1, 0.15) is 12.5 Å². The topological polar surface area (TPSA) is 53.4 Å². The summed E-state index contributed by atoms with van der Waals surface area (Å²) >= 11 is 0. The van der Waals surface area contributed by atoms with E-state index in [4.69, 9.17) is 5.11 Å². The van der Waals surface area contributed by atoms with E-state index in [-0.39, 0.29) is 11.8 Å². The fourth-order valence-electron chi connectivity index (χ4n) is 2.27. The lowest BCUT2D eigenvalue weighted by Crippen LogP contribution is -2.23. The van der Waals surface area contributed by atoms with E-state index in [1.54, 1.807) is 6.20 Å². The number of carboxylic acids is 1. The normalized spacial score (nSPS) is 25.8. The number of pyridine rings is 1. The Balaban J connectivity index is 1.96. The molecule has 1 fully saturated rings. The van der Waals surface area contributed by atoms with Crippen LogP contribution < -0.4 is 0 Å². The molecule has 0 aromatic carbocycles. The van der Waals surface area contributed by atoms with Crippen molar-refractivity contribution in [3.63, 3.8) is 0 Å². The molecule has 2 heterocycles. The molecule has 1 saturated heterocycles. The zero-order chi connectivity index (χ0) is 11.5. The van der Waals surface area contributed by atoms with E-state index in [2.05, 4.69) is 9.88 Å². The van der Waals surface area contributed by atoms with Gasteiger partial charge in [0.2, 0.25) is 0 Å². The Labute approximate surface area is 94.9 Å². The van der Waals surface area contributed by atoms with Crippen molar-refractivity contribution in [3.8, 4) is 0 Å². The maximum Gasteiger partial charge on any atom is 0.308 e. The molecule has 0 radical (unpaired) electrons. The number of likely N-dealkylation sites (tertiary alicyclic amines) is 1. The van der Waals surface area contributed by atoms with Crippen molar-refractivity contribution in [2.75, 3.05) is 13.1 Å². The molecule has 0 bridgehead atoms. The van der Waals surface area contributed by atoms with E-state index in [9.17, 15) is 4.79 Å². The van der Waals surface area contributed by atoms with Gasteiger partial charge in [0.05, 0.1) is 5.92 Å². The van der Waals surface area contributed by atoms with Crippen molar-refractivity contribution in [2.45, 2.75) is 13.5 Å². The second-order valence-electron chi connectivity index (χ2n) is 4.48. The van der Waals surface area contributed by atoms with Crippen LogP contribution in [0.3, 0.4) is 0 Å². The molecular weight excluding hydrogens is 204 g/mol. The summed E-state index contributed by atoms with van der Waals surface area (Å²) in [5.41, 5.74) is 1.14. The molecule has 16 heavy (non-hydrogen) atoms. The average Bonchev–Trinajstić information content (AvgIpc) is 2.61. The van der Waals surface area contributed by atoms with Gasteiger partial charge in [-0.05, 0) is 17.5 Å². The Bertz CT molecular complexity index is 367. The third-order valence-electron chi connectivity index (χ3n) is 3.13. The molecule has 1 aliphatic heterocycles. The smallest absolute Gasteiger partial charge is 0.308 e. The van der Waals surface area contributed by atoms with Crippen LogP contribution in [-0.2, 0) is 11.3 Å². The molecule has 0 saturated carbocycles. The zero-order valence-corrected chi connectivity index (χ0v) is 9.34. The molecule has 1 aromatic heterocycles. The molecule has 1 N–H and O–H groups in total. The van der Waals surface area contributed by atoms with Crippen LogP contribution in [0.5, 0.6) is 0 Å². The van der Waals surface area contributed by atoms with Crippen LogP contribution in [0, 0.1) is 11.8 Å². The van der Waals surface area contributed by atoms with E-state index in [1.807, 2.05) is 25.3 Å². The van der Waals surface area contributed by atoms with E-state index < -0.39 is 5.97 Å². The van der Waals surface area contributed by atoms with Crippen LogP contribution in [0.4, 0.5) is 0 Å². The zero-order valence-electron chi connectivity index (χ0n) is 9.34. The molecule has 0 aliphatic carbocycles. The van der Waals surface area contributed by atoms with Crippen LogP contribution >= 0.6 is 0 Å². The Morgan fingerprint density at radius 1 is 1.62 bits per heavy atom. The van der Waals surface area contributed by atoms with Crippen molar-refractivity contribution in [1.29, 1.82) is 0 Å². The minimum atomic E-state index is -0.679. The third-order valence-corrected chi connectivity index (χ3v) is 3.13. The van der Waals surface area contributed by atoms with E-state index in [0.717, 1.165) is 18.7 Å². The SMILES string of the molecule is CC1CN(Cc2cccnc2)CC1C(=O)O. The first kappa shape index (κ1) is 11.1. The second kappa shape index (κ2) is 4.61. The molecule has 1 aromatic rings. The Kier molecular flexibility index (Phi) is 3.19. The van der Waals surface area contributed by atoms with Gasteiger partial charge in [0.1, 0.15) is 0 Å². The summed E-state index contributed by atoms with van der Waals surface area (Å²) in [6.45, 7) is 4.29. The number of aromatic nitrogens is 1. The number of carbonyl (C=O) groups is 1. The maximum atomic E-state index is 11.0. The van der Waals surface area contributed by atoms with Gasteiger partial charge in [0.25, 0.3) is 0 Å². The van der Waals surface area contributed by atoms with Gasteiger partial charge in [0.15, 0.2) is 0 Å². The minimum absolute atomic E-state index is 0.225. The lowest BCUT2D eigenvalue weighted by atomic mass is 9.99. The summed E-state index contributed by atoms with van der Waals surface area (Å²) in [6, 6.07) is 3.93. The molecular formula is C12H16N2O2. The predicted molar refractivity (Wildman–Crippen MR) is 59.8 cm³/mol. The molecule has 2 rings (SSSR count). The van der Waals surface area contributed by atoms with Crippen LogP contribution in [0.25, 0.3) is 0 Å². The summed E-state index contributed by atoms with van der Waals surface area (Å²) in [4.78, 5) is 17.2. The molecule has 2 unspecified atom stereocenters. The lowest BCUT2D eigenvalue weighted by Gasteiger charge is -2.14. The first-order chi connectivity index (χ1) is 7.66. The van der Waals surface area contributed by atoms with Gasteiger partial charge in [-0.25, -0.2) is 0 Å². The number of hydrogen-bond acceptors (Lipinski definition) is 3. The molecule has 0 amide bonds. The van der Waals surface area contributed by atoms with Gasteiger partial charge >= 0.3 is 5.97 Å². The van der Waals surface area contributed by atoms with Gasteiger partial charge in [-0.1, -0.05) is 13.0 Å². The largest absolute Gasteiger partial charge is 0.481 e. The number of carboxylic acid groups (broad SMARTS) is 1. The number of rotatable bonds is 3. The van der Waals surface area contributed by atoms with E-state index >= 15 is 0 Å². The van der Waals surface area contributed by atoms with Crippen molar-refractivity contribution in [3.05, 3.63) is 30.1 Å². The van der Waals surface area contributed by atoms with E-state index in [0.29, 0.717) is 6.54 Å². The van der Waals surface area contributed by atoms with Gasteiger partial charge < -0.3 is 5.11 Å². The summed E-state index contributed by atoms with van der Waals surface area (Å²) in [6.07, 6.45) is 3.58. The molecule has 86 valence electrons. The first-order valence-corrected chi connectivity index (χ1v) is 5.51. The van der Waals surface area contributed by atoms with Crippen molar-refractivity contribution >= 4 is 5.97 Å². The van der Waals surface area contributed by atoms with E-state index in [1.165, 1.54) is 0 Å². The Hall–Kier alpha value is -1.42. The highest BCUT2D eigenvalue weighted by Gasteiger charge is 2.34. The maximum absolute atomic E-state index is 11.0. The Morgan fingerprint density at radius 2 is 2.44 bits per heavy atom. The van der Waals surface area contributed by atoms with Crippen LogP contribution in [-0.4, -0.2) is 34.0 Å². The number of aliphatic carboxylic acids is 1. The number of nitrogens with zero attached hydrogens (tertiary/aromatic N) is 2. The van der Waals surface area contributed by atoms with Crippen LogP contribution in [0.2, 0.25) is 0 Å². The van der Waals surface area contributed by atoms with Crippen LogP contribution in [0.15, 0.2) is 24.5 Å². The summed E-state index contributed by atoms with van der Waals surface area (Å²) in [5.74, 6) is -0.674. The Morgan fingerprint density at radius 3 is 3.00 bits per heavy atom. The lowest BCUT2D eigenvalue weighted by molar-refractivity contribution is -0.142. The molecule has 2 atom stereocenters. The quantitative estimate of drug-likeness (QED) is 0.832. The molecule has 0 spiro atoms. The highest BCUT2D eigenvalue weighted by atomic mass is 16.4. The summed E-state index contributed by atoms with van der Waals surface area (Å²) in [5, 5.41) is 9.03. The van der Waals surface area contributed by atoms with Gasteiger partial charge in [0, 0.05) is 32.0 Å². The monoisotopic (exact) mass is 220 g/mol. The second-order valence-corrected chi connectivity index (χ2v) is 4.48. The van der Waals surface area contributed by atoms with Crippen molar-refractivity contribution in [2.24, 2.45) is 11.8 Å². The van der Waals surface area contributed by atoms with Crippen molar-refractivity contribution in [1.82, 2.24) is 9.88 Å². The fourth-order valence-corrected chi connectivity index (χ4v) is 2.27. The van der Waals surface area contributed by atoms with Gasteiger partial charge in [-0.2, -0.15) is 0 Å². The number of hydrogen-bond donors (Lipinski definition) is 1. The predicted octanol–water partition coefficient (Wildman–Crippen LogP) is 1.23. The molecule has 4 heteroatoms. The van der Waals surface area contributed by atoms with Crippen molar-refractivity contribution < 1.29 is 9.90 Å². The average molecular weight is 220 g/mol. The van der Waals surface area contributed by atoms with Gasteiger partial charge in [-0.3, -0.25) is 14.7 Å². The summed E-state index contributed by atoms with van der Waals surface area (Å²) < 4.78 is 0. The standard InChI is InChI=1S/C12H16N2O2/c1-9-6-14(8-11(9)12(15)16)7-10-3-2-4-13-5-10/h2-5,9,11H,6-8H2,1H3,(H,15,16). The first-order valence-electron chi connectivity index (χ1n) is 5.51. The fraction of sp³-hybridized carbons (Fsp3) is 0.500. The highest BCUT2D eigenvalue weighted by molar-refractivity contribution is 5.71. The molecule has 4 nitrogen and oxygen atoms in total. The summed E-state index contributed by atoms with van der Waals surface area (Å²) in [7, 11) is 0. The van der Waals surface area contributed by atoms with Gasteiger partial charge in [-0.15, -0.1) is 0 Å². The minimum Gasteiger partial charge on any atom is -0.481 e. The third kappa shape index (κ3) is 2.39.